The highest BCUT2D eigenvalue weighted by Crippen LogP contribution is 2.22. The van der Waals surface area contributed by atoms with E-state index in [1.807, 2.05) is 6.07 Å². The smallest absolute Gasteiger partial charge is 0.129 e. The number of pyridine rings is 1. The van der Waals surface area contributed by atoms with Gasteiger partial charge in [0.05, 0.1) is 5.02 Å². The van der Waals surface area contributed by atoms with Gasteiger partial charge in [0.1, 0.15) is 5.82 Å². The van der Waals surface area contributed by atoms with Crippen molar-refractivity contribution < 1.29 is 0 Å². The molecule has 0 saturated carbocycles. The maximum absolute atomic E-state index is 5.99. The van der Waals surface area contributed by atoms with E-state index in [-0.39, 0.29) is 0 Å². The summed E-state index contributed by atoms with van der Waals surface area (Å²) < 4.78 is 0. The molecular weight excluding hydrogens is 222 g/mol. The first-order valence-corrected chi connectivity index (χ1v) is 5.83. The van der Waals surface area contributed by atoms with Gasteiger partial charge < -0.3 is 10.6 Å². The van der Waals surface area contributed by atoms with Crippen LogP contribution in [0.1, 0.15) is 18.9 Å². The summed E-state index contributed by atoms with van der Waals surface area (Å²) in [4.78, 5) is 6.61. The molecule has 0 spiro atoms. The van der Waals surface area contributed by atoms with Crippen molar-refractivity contribution in [2.45, 2.75) is 19.9 Å². The van der Waals surface area contributed by atoms with E-state index in [1.165, 1.54) is 5.57 Å². The molecule has 0 fully saturated rings. The Balaban J connectivity index is 2.24. The van der Waals surface area contributed by atoms with Crippen LogP contribution < -0.4 is 10.6 Å². The number of hydrogen-bond acceptors (Lipinski definition) is 3. The van der Waals surface area contributed by atoms with Gasteiger partial charge in [-0.15, -0.1) is 0 Å². The second-order valence-electron chi connectivity index (χ2n) is 4.10. The maximum Gasteiger partial charge on any atom is 0.129 e. The Kier molecular flexibility index (Phi) is 3.46. The van der Waals surface area contributed by atoms with Gasteiger partial charge in [-0.2, -0.15) is 0 Å². The molecule has 86 valence electrons. The number of rotatable bonds is 2. The Bertz CT molecular complexity index is 415. The molecule has 1 aliphatic heterocycles. The maximum atomic E-state index is 5.99. The van der Waals surface area contributed by atoms with Gasteiger partial charge in [-0.05, 0) is 25.0 Å². The summed E-state index contributed by atoms with van der Waals surface area (Å²) in [6, 6.07) is 1.99. The molecule has 2 rings (SSSR count). The van der Waals surface area contributed by atoms with E-state index < -0.39 is 0 Å². The van der Waals surface area contributed by atoms with Gasteiger partial charge in [-0.25, -0.2) is 4.98 Å². The van der Waals surface area contributed by atoms with Crippen molar-refractivity contribution in [3.05, 3.63) is 34.5 Å². The minimum absolute atomic E-state index is 0.455. The molecule has 0 unspecified atom stereocenters. The zero-order valence-electron chi connectivity index (χ0n) is 9.41. The van der Waals surface area contributed by atoms with Crippen LogP contribution in [0.15, 0.2) is 23.9 Å². The van der Waals surface area contributed by atoms with Gasteiger partial charge in [0.2, 0.25) is 0 Å². The van der Waals surface area contributed by atoms with Crippen molar-refractivity contribution in [2.75, 3.05) is 18.0 Å². The van der Waals surface area contributed by atoms with Crippen molar-refractivity contribution >= 4 is 17.4 Å². The Hall–Kier alpha value is -1.06. The summed E-state index contributed by atoms with van der Waals surface area (Å²) in [5.41, 5.74) is 7.98. The summed E-state index contributed by atoms with van der Waals surface area (Å²) >= 11 is 5.99. The molecule has 0 aliphatic carbocycles. The van der Waals surface area contributed by atoms with E-state index >= 15 is 0 Å². The fourth-order valence-corrected chi connectivity index (χ4v) is 2.08. The quantitative estimate of drug-likeness (QED) is 0.803. The molecule has 0 atom stereocenters. The topological polar surface area (TPSA) is 42.1 Å². The Labute approximate surface area is 101 Å². The lowest BCUT2D eigenvalue weighted by molar-refractivity contribution is 0.776. The molecule has 0 saturated heterocycles. The monoisotopic (exact) mass is 237 g/mol. The van der Waals surface area contributed by atoms with Crippen LogP contribution in [-0.4, -0.2) is 18.1 Å². The third-order valence-electron chi connectivity index (χ3n) is 2.80. The van der Waals surface area contributed by atoms with Crippen LogP contribution >= 0.6 is 11.6 Å². The van der Waals surface area contributed by atoms with Gasteiger partial charge in [0.25, 0.3) is 0 Å². The van der Waals surface area contributed by atoms with Crippen LogP contribution in [0, 0.1) is 0 Å². The van der Waals surface area contributed by atoms with E-state index in [1.54, 1.807) is 6.20 Å². The SMILES string of the molecule is CC1=CCCN(c2cc(CN)c(Cl)cn2)C1. The molecule has 1 aromatic heterocycles. The van der Waals surface area contributed by atoms with Gasteiger partial charge in [-0.3, -0.25) is 0 Å². The highest BCUT2D eigenvalue weighted by molar-refractivity contribution is 6.31. The molecule has 16 heavy (non-hydrogen) atoms. The van der Waals surface area contributed by atoms with Crippen molar-refractivity contribution in [1.82, 2.24) is 4.98 Å². The number of aromatic nitrogens is 1. The van der Waals surface area contributed by atoms with Crippen LogP contribution in [0.25, 0.3) is 0 Å². The Morgan fingerprint density at radius 3 is 3.06 bits per heavy atom. The summed E-state index contributed by atoms with van der Waals surface area (Å²) in [5, 5.41) is 0.649. The lowest BCUT2D eigenvalue weighted by atomic mass is 10.1. The number of anilines is 1. The third kappa shape index (κ3) is 2.36. The first-order chi connectivity index (χ1) is 7.70. The fraction of sp³-hybridized carbons (Fsp3) is 0.417. The van der Waals surface area contributed by atoms with Crippen molar-refractivity contribution in [1.29, 1.82) is 0 Å². The summed E-state index contributed by atoms with van der Waals surface area (Å²) in [6.07, 6.45) is 5.04. The molecule has 0 bridgehead atoms. The molecule has 1 aliphatic rings. The van der Waals surface area contributed by atoms with Crippen molar-refractivity contribution in [3.63, 3.8) is 0 Å². The molecule has 3 nitrogen and oxygen atoms in total. The van der Waals surface area contributed by atoms with E-state index in [2.05, 4.69) is 22.9 Å². The van der Waals surface area contributed by atoms with Gasteiger partial charge in [0, 0.05) is 25.8 Å². The molecule has 0 aromatic carbocycles. The normalized spacial score (nSPS) is 16.2. The molecule has 2 heterocycles. The lowest BCUT2D eigenvalue weighted by Crippen LogP contribution is -2.30. The molecule has 4 heteroatoms. The minimum Gasteiger partial charge on any atom is -0.352 e. The predicted molar refractivity (Wildman–Crippen MR) is 67.7 cm³/mol. The summed E-state index contributed by atoms with van der Waals surface area (Å²) in [6.45, 7) is 4.55. The van der Waals surface area contributed by atoms with Crippen molar-refractivity contribution in [2.24, 2.45) is 5.73 Å². The zero-order valence-corrected chi connectivity index (χ0v) is 10.2. The van der Waals surface area contributed by atoms with Crippen LogP contribution in [0.5, 0.6) is 0 Å². The summed E-state index contributed by atoms with van der Waals surface area (Å²) in [7, 11) is 0. The Morgan fingerprint density at radius 1 is 1.56 bits per heavy atom. The van der Waals surface area contributed by atoms with Crippen molar-refractivity contribution in [3.8, 4) is 0 Å². The van der Waals surface area contributed by atoms with Crippen LogP contribution in [-0.2, 0) is 6.54 Å². The second kappa shape index (κ2) is 4.85. The average Bonchev–Trinajstić information content (AvgIpc) is 2.29. The molecule has 2 N–H and O–H groups in total. The summed E-state index contributed by atoms with van der Waals surface area (Å²) in [5.74, 6) is 0.970. The largest absolute Gasteiger partial charge is 0.352 e. The highest BCUT2D eigenvalue weighted by Gasteiger charge is 2.13. The van der Waals surface area contributed by atoms with Crippen LogP contribution in [0.3, 0.4) is 0 Å². The van der Waals surface area contributed by atoms with Gasteiger partial charge in [-0.1, -0.05) is 23.3 Å². The number of nitrogens with zero attached hydrogens (tertiary/aromatic N) is 2. The first-order valence-electron chi connectivity index (χ1n) is 5.46. The van der Waals surface area contributed by atoms with E-state index in [4.69, 9.17) is 17.3 Å². The Morgan fingerprint density at radius 2 is 2.38 bits per heavy atom. The standard InChI is InChI=1S/C12H16ClN3/c1-9-3-2-4-16(8-9)12-5-10(6-14)11(13)7-15-12/h3,5,7H,2,4,6,8,14H2,1H3. The molecule has 1 aromatic rings. The first kappa shape index (κ1) is 11.4. The van der Waals surface area contributed by atoms with Crippen LogP contribution in [0.4, 0.5) is 5.82 Å². The zero-order chi connectivity index (χ0) is 11.5. The minimum atomic E-state index is 0.455. The molecule has 0 amide bonds. The van der Waals surface area contributed by atoms with E-state index in [9.17, 15) is 0 Å². The van der Waals surface area contributed by atoms with Crippen LogP contribution in [0.2, 0.25) is 5.02 Å². The molecular formula is C12H16ClN3. The average molecular weight is 238 g/mol. The predicted octanol–water partition coefficient (Wildman–Crippen LogP) is 2.35. The van der Waals surface area contributed by atoms with Gasteiger partial charge >= 0.3 is 0 Å². The third-order valence-corrected chi connectivity index (χ3v) is 3.14. The molecule has 0 radical (unpaired) electrons. The highest BCUT2D eigenvalue weighted by atomic mass is 35.5. The second-order valence-corrected chi connectivity index (χ2v) is 4.51. The number of hydrogen-bond donors (Lipinski definition) is 1. The lowest BCUT2D eigenvalue weighted by Gasteiger charge is -2.27. The van der Waals surface area contributed by atoms with E-state index in [0.29, 0.717) is 11.6 Å². The number of halogens is 1. The number of nitrogens with two attached hydrogens (primary N) is 1. The fourth-order valence-electron chi connectivity index (χ4n) is 1.90. The van der Waals surface area contributed by atoms with E-state index in [0.717, 1.165) is 30.9 Å². The van der Waals surface area contributed by atoms with Gasteiger partial charge in [0.15, 0.2) is 0 Å².